The maximum Gasteiger partial charge on any atom is 0.274 e. The number of aliphatic hydroxyl groups is 2. The number of hydrogen-bond donors (Lipinski definition) is 5. The first kappa shape index (κ1) is 13.5. The van der Waals surface area contributed by atoms with Crippen LogP contribution in [0.4, 0.5) is 5.69 Å². The Morgan fingerprint density at radius 3 is 2.71 bits per heavy atom. The third-order valence-electron chi connectivity index (χ3n) is 2.33. The van der Waals surface area contributed by atoms with Crippen LogP contribution in [0.5, 0.6) is 0 Å². The minimum Gasteiger partial charge on any atom is -0.395 e. The zero-order chi connectivity index (χ0) is 13.0. The molecule has 0 aliphatic carbocycles. The highest BCUT2D eigenvalue weighted by molar-refractivity contribution is 5.97. The molecule has 1 unspecified atom stereocenters. The van der Waals surface area contributed by atoms with Crippen LogP contribution in [-0.4, -0.2) is 45.6 Å². The van der Waals surface area contributed by atoms with E-state index in [1.807, 2.05) is 13.8 Å². The number of rotatable bonds is 5. The van der Waals surface area contributed by atoms with E-state index in [1.165, 1.54) is 0 Å². The Kier molecular flexibility index (Phi) is 4.47. The van der Waals surface area contributed by atoms with Gasteiger partial charge >= 0.3 is 0 Å². The molecule has 0 fully saturated rings. The summed E-state index contributed by atoms with van der Waals surface area (Å²) in [6.45, 7) is 3.41. The Bertz CT molecular complexity index is 389. The standard InChI is InChI=1S/C10H18N4O3/c1-5(2)8-7(11)9(14-13-8)10(17)12-3-6(16)4-15/h5-6,15-16H,3-4,11H2,1-2H3,(H,12,17)(H,13,14). The van der Waals surface area contributed by atoms with E-state index in [0.29, 0.717) is 11.4 Å². The second kappa shape index (κ2) is 5.65. The minimum absolute atomic E-state index is 0.0430. The van der Waals surface area contributed by atoms with Gasteiger partial charge in [-0.25, -0.2) is 0 Å². The van der Waals surface area contributed by atoms with Crippen molar-refractivity contribution in [1.29, 1.82) is 0 Å². The van der Waals surface area contributed by atoms with E-state index in [1.54, 1.807) is 0 Å². The maximum atomic E-state index is 11.7. The molecule has 0 aromatic carbocycles. The Hall–Kier alpha value is -1.60. The first-order valence-electron chi connectivity index (χ1n) is 5.38. The largest absolute Gasteiger partial charge is 0.395 e. The number of aromatic nitrogens is 2. The topological polar surface area (TPSA) is 124 Å². The van der Waals surface area contributed by atoms with Crippen molar-refractivity contribution < 1.29 is 15.0 Å². The lowest BCUT2D eigenvalue weighted by Crippen LogP contribution is -2.34. The average molecular weight is 242 g/mol. The summed E-state index contributed by atoms with van der Waals surface area (Å²) >= 11 is 0. The zero-order valence-corrected chi connectivity index (χ0v) is 9.90. The molecule has 0 spiro atoms. The highest BCUT2D eigenvalue weighted by atomic mass is 16.3. The molecule has 0 saturated carbocycles. The van der Waals surface area contributed by atoms with Gasteiger partial charge in [-0.2, -0.15) is 5.10 Å². The first-order chi connectivity index (χ1) is 7.97. The number of nitrogens with one attached hydrogen (secondary N) is 2. The quantitative estimate of drug-likeness (QED) is 0.462. The van der Waals surface area contributed by atoms with E-state index in [2.05, 4.69) is 15.5 Å². The fraction of sp³-hybridized carbons (Fsp3) is 0.600. The number of nitrogens with two attached hydrogens (primary N) is 1. The van der Waals surface area contributed by atoms with Crippen molar-refractivity contribution in [2.24, 2.45) is 0 Å². The van der Waals surface area contributed by atoms with Gasteiger partial charge in [0.15, 0.2) is 5.69 Å². The predicted molar refractivity (Wildman–Crippen MR) is 62.5 cm³/mol. The van der Waals surface area contributed by atoms with Gasteiger partial charge in [-0.15, -0.1) is 0 Å². The smallest absolute Gasteiger partial charge is 0.274 e. The number of carbonyl (C=O) groups excluding carboxylic acids is 1. The lowest BCUT2D eigenvalue weighted by atomic mass is 10.1. The molecule has 6 N–H and O–H groups in total. The van der Waals surface area contributed by atoms with E-state index in [-0.39, 0.29) is 18.2 Å². The molecule has 1 aromatic rings. The van der Waals surface area contributed by atoms with Gasteiger partial charge in [0.2, 0.25) is 0 Å². The number of carbonyl (C=O) groups is 1. The average Bonchev–Trinajstić information content (AvgIpc) is 2.67. The van der Waals surface area contributed by atoms with Crippen molar-refractivity contribution in [3.8, 4) is 0 Å². The van der Waals surface area contributed by atoms with Gasteiger partial charge in [0.1, 0.15) is 0 Å². The molecule has 0 aliphatic rings. The fourth-order valence-electron chi connectivity index (χ4n) is 1.34. The summed E-state index contributed by atoms with van der Waals surface area (Å²) in [4.78, 5) is 11.7. The Labute approximate surface area is 99.0 Å². The maximum absolute atomic E-state index is 11.7. The molecule has 1 rings (SSSR count). The first-order valence-corrected chi connectivity index (χ1v) is 5.38. The summed E-state index contributed by atoms with van der Waals surface area (Å²) < 4.78 is 0. The van der Waals surface area contributed by atoms with E-state index < -0.39 is 18.6 Å². The number of aliphatic hydroxyl groups excluding tert-OH is 2. The van der Waals surface area contributed by atoms with E-state index in [4.69, 9.17) is 15.9 Å². The van der Waals surface area contributed by atoms with Crippen LogP contribution < -0.4 is 11.1 Å². The number of hydrogen-bond acceptors (Lipinski definition) is 5. The fourth-order valence-corrected chi connectivity index (χ4v) is 1.34. The van der Waals surface area contributed by atoms with E-state index >= 15 is 0 Å². The number of nitrogens with zero attached hydrogens (tertiary/aromatic N) is 1. The number of anilines is 1. The van der Waals surface area contributed by atoms with Crippen molar-refractivity contribution in [3.63, 3.8) is 0 Å². The molecule has 1 heterocycles. The third kappa shape index (κ3) is 3.18. The highest BCUT2D eigenvalue weighted by Gasteiger charge is 2.19. The predicted octanol–water partition coefficient (Wildman–Crippen LogP) is -0.802. The molecule has 1 amide bonds. The monoisotopic (exact) mass is 242 g/mol. The van der Waals surface area contributed by atoms with Crippen LogP contribution in [0.15, 0.2) is 0 Å². The van der Waals surface area contributed by atoms with E-state index in [9.17, 15) is 4.79 Å². The summed E-state index contributed by atoms with van der Waals surface area (Å²) in [5.74, 6) is -0.328. The molecule has 7 nitrogen and oxygen atoms in total. The summed E-state index contributed by atoms with van der Waals surface area (Å²) in [5.41, 5.74) is 6.91. The Morgan fingerprint density at radius 2 is 2.24 bits per heavy atom. The van der Waals surface area contributed by atoms with Gasteiger partial charge < -0.3 is 21.3 Å². The third-order valence-corrected chi connectivity index (χ3v) is 2.33. The lowest BCUT2D eigenvalue weighted by molar-refractivity contribution is 0.0799. The Balaban J connectivity index is 2.70. The number of amides is 1. The van der Waals surface area contributed by atoms with Crippen molar-refractivity contribution in [3.05, 3.63) is 11.4 Å². The lowest BCUT2D eigenvalue weighted by Gasteiger charge is -2.08. The van der Waals surface area contributed by atoms with Gasteiger partial charge in [0, 0.05) is 6.54 Å². The molecule has 1 aromatic heterocycles. The van der Waals surface area contributed by atoms with Crippen LogP contribution in [-0.2, 0) is 0 Å². The number of aromatic amines is 1. The molecule has 0 radical (unpaired) electrons. The molecule has 1 atom stereocenters. The summed E-state index contributed by atoms with van der Waals surface area (Å²) in [7, 11) is 0. The Morgan fingerprint density at radius 1 is 1.59 bits per heavy atom. The molecule has 0 aliphatic heterocycles. The molecule has 7 heteroatoms. The van der Waals surface area contributed by atoms with Crippen molar-refractivity contribution in [2.45, 2.75) is 25.9 Å². The van der Waals surface area contributed by atoms with Crippen LogP contribution in [0, 0.1) is 0 Å². The SMILES string of the molecule is CC(C)c1[nH]nc(C(=O)NCC(O)CO)c1N. The molecular formula is C10H18N4O3. The van der Waals surface area contributed by atoms with Gasteiger partial charge in [-0.05, 0) is 5.92 Å². The summed E-state index contributed by atoms with van der Waals surface area (Å²) in [6, 6.07) is 0. The van der Waals surface area contributed by atoms with Crippen molar-refractivity contribution in [2.75, 3.05) is 18.9 Å². The summed E-state index contributed by atoms with van der Waals surface area (Å²) in [6.07, 6.45) is -0.983. The number of nitrogen functional groups attached to an aromatic ring is 1. The molecule has 0 saturated heterocycles. The molecule has 96 valence electrons. The van der Waals surface area contributed by atoms with Crippen molar-refractivity contribution in [1.82, 2.24) is 15.5 Å². The van der Waals surface area contributed by atoms with Crippen LogP contribution in [0.3, 0.4) is 0 Å². The van der Waals surface area contributed by atoms with Gasteiger partial charge in [-0.1, -0.05) is 13.8 Å². The van der Waals surface area contributed by atoms with E-state index in [0.717, 1.165) is 0 Å². The molecule has 0 bridgehead atoms. The van der Waals surface area contributed by atoms with Gasteiger partial charge in [0.05, 0.1) is 24.1 Å². The van der Waals surface area contributed by atoms with Gasteiger partial charge in [-0.3, -0.25) is 9.89 Å². The summed E-state index contributed by atoms with van der Waals surface area (Å²) in [5, 5.41) is 26.7. The minimum atomic E-state index is -0.983. The second-order valence-corrected chi connectivity index (χ2v) is 4.10. The molecule has 17 heavy (non-hydrogen) atoms. The molecular weight excluding hydrogens is 224 g/mol. The van der Waals surface area contributed by atoms with Crippen LogP contribution in [0.1, 0.15) is 35.9 Å². The van der Waals surface area contributed by atoms with Crippen LogP contribution in [0.25, 0.3) is 0 Å². The normalized spacial score (nSPS) is 12.8. The highest BCUT2D eigenvalue weighted by Crippen LogP contribution is 2.21. The number of H-pyrrole nitrogens is 1. The zero-order valence-electron chi connectivity index (χ0n) is 9.90. The van der Waals surface area contributed by atoms with Crippen LogP contribution in [0.2, 0.25) is 0 Å². The van der Waals surface area contributed by atoms with Crippen molar-refractivity contribution >= 4 is 11.6 Å². The van der Waals surface area contributed by atoms with Gasteiger partial charge in [0.25, 0.3) is 5.91 Å². The second-order valence-electron chi connectivity index (χ2n) is 4.10. The van der Waals surface area contributed by atoms with Crippen LogP contribution >= 0.6 is 0 Å².